The number of hydrogen-bond donors (Lipinski definition) is 0. The summed E-state index contributed by atoms with van der Waals surface area (Å²) in [5, 5.41) is 11.4. The number of hydrogen-bond acceptors (Lipinski definition) is 5. The van der Waals surface area contributed by atoms with Gasteiger partial charge in [-0.05, 0) is 55.9 Å². The van der Waals surface area contributed by atoms with Crippen molar-refractivity contribution in [3.05, 3.63) is 64.2 Å². The number of carbonyl (C=O) groups excluding carboxylic acids is 1. The van der Waals surface area contributed by atoms with Crippen molar-refractivity contribution < 1.29 is 27.6 Å². The molecule has 2 aromatic rings. The molecule has 2 aromatic carbocycles. The van der Waals surface area contributed by atoms with Crippen LogP contribution in [-0.2, 0) is 11.0 Å². The fraction of sp³-hybridized carbons (Fsp3) is 0.480. The van der Waals surface area contributed by atoms with E-state index in [4.69, 9.17) is 4.74 Å². The first-order valence-electron chi connectivity index (χ1n) is 11.8. The van der Waals surface area contributed by atoms with Crippen LogP contribution in [0.4, 0.5) is 24.5 Å². The normalized spacial score (nSPS) is 17.9. The van der Waals surface area contributed by atoms with Crippen LogP contribution in [0.1, 0.15) is 31.2 Å². The molecule has 2 aliphatic rings. The maximum atomic E-state index is 13.1. The van der Waals surface area contributed by atoms with Crippen molar-refractivity contribution in [1.82, 2.24) is 4.90 Å². The number of rotatable bonds is 6. The highest BCUT2D eigenvalue weighted by molar-refractivity contribution is 5.79. The zero-order valence-corrected chi connectivity index (χ0v) is 19.2. The van der Waals surface area contributed by atoms with E-state index in [1.807, 2.05) is 35.2 Å². The lowest BCUT2D eigenvalue weighted by Gasteiger charge is -2.37. The number of amides is 1. The number of piperidine rings is 2. The summed E-state index contributed by atoms with van der Waals surface area (Å²) in [5.74, 6) is 1.14. The van der Waals surface area contributed by atoms with Gasteiger partial charge in [0.15, 0.2) is 0 Å². The summed E-state index contributed by atoms with van der Waals surface area (Å²) in [7, 11) is 0. The van der Waals surface area contributed by atoms with Crippen molar-refractivity contribution in [2.24, 2.45) is 11.8 Å². The Morgan fingerprint density at radius 2 is 1.66 bits per heavy atom. The number of ether oxygens (including phenoxy) is 1. The number of benzene rings is 2. The van der Waals surface area contributed by atoms with E-state index in [0.29, 0.717) is 57.6 Å². The van der Waals surface area contributed by atoms with Crippen LogP contribution in [0.5, 0.6) is 5.75 Å². The van der Waals surface area contributed by atoms with Crippen LogP contribution < -0.4 is 9.64 Å². The second-order valence-corrected chi connectivity index (χ2v) is 9.11. The number of likely N-dealkylation sites (tertiary alicyclic amines) is 1. The van der Waals surface area contributed by atoms with Gasteiger partial charge in [0, 0.05) is 38.2 Å². The Bertz CT molecular complexity index is 1030. The number of nitro benzene ring substituents is 1. The molecule has 2 saturated heterocycles. The average molecular weight is 492 g/mol. The highest BCUT2D eigenvalue weighted by atomic mass is 19.4. The van der Waals surface area contributed by atoms with Crippen LogP contribution in [-0.4, -0.2) is 48.5 Å². The van der Waals surface area contributed by atoms with Crippen LogP contribution in [0.3, 0.4) is 0 Å². The van der Waals surface area contributed by atoms with Crippen molar-refractivity contribution >= 4 is 17.3 Å². The molecule has 0 unspecified atom stereocenters. The molecule has 2 aliphatic heterocycles. The topological polar surface area (TPSA) is 75.9 Å². The van der Waals surface area contributed by atoms with E-state index in [9.17, 15) is 28.1 Å². The first-order chi connectivity index (χ1) is 16.7. The minimum Gasteiger partial charge on any atom is -0.493 e. The van der Waals surface area contributed by atoms with Crippen molar-refractivity contribution in [1.29, 1.82) is 0 Å². The monoisotopic (exact) mass is 491 g/mol. The first-order valence-corrected chi connectivity index (χ1v) is 11.8. The van der Waals surface area contributed by atoms with Gasteiger partial charge in [0.2, 0.25) is 5.91 Å². The first kappa shape index (κ1) is 24.8. The van der Waals surface area contributed by atoms with Gasteiger partial charge in [0.05, 0.1) is 17.1 Å². The van der Waals surface area contributed by atoms with Crippen molar-refractivity contribution in [3.63, 3.8) is 0 Å². The summed E-state index contributed by atoms with van der Waals surface area (Å²) < 4.78 is 44.8. The molecule has 0 saturated carbocycles. The summed E-state index contributed by atoms with van der Waals surface area (Å²) in [6, 6.07) is 12.2. The fourth-order valence-corrected chi connectivity index (χ4v) is 4.79. The second-order valence-electron chi connectivity index (χ2n) is 9.11. The quantitative estimate of drug-likeness (QED) is 0.413. The number of anilines is 1. The Labute approximate surface area is 201 Å². The van der Waals surface area contributed by atoms with Gasteiger partial charge in [-0.1, -0.05) is 18.2 Å². The summed E-state index contributed by atoms with van der Waals surface area (Å²) in [6.07, 6.45) is -1.89. The lowest BCUT2D eigenvalue weighted by Crippen LogP contribution is -2.46. The molecule has 0 radical (unpaired) electrons. The van der Waals surface area contributed by atoms with Gasteiger partial charge < -0.3 is 14.5 Å². The Hall–Kier alpha value is -3.30. The zero-order valence-electron chi connectivity index (χ0n) is 19.2. The number of nitrogens with zero attached hydrogens (tertiary/aromatic N) is 3. The molecule has 1 amide bonds. The number of carbonyl (C=O) groups is 1. The van der Waals surface area contributed by atoms with E-state index in [0.717, 1.165) is 30.7 Å². The predicted octanol–water partition coefficient (Wildman–Crippen LogP) is 5.15. The smallest absolute Gasteiger partial charge is 0.416 e. The van der Waals surface area contributed by atoms with Gasteiger partial charge in [-0.2, -0.15) is 13.2 Å². The van der Waals surface area contributed by atoms with Crippen molar-refractivity contribution in [2.45, 2.75) is 31.9 Å². The number of nitro groups is 1. The fourth-order valence-electron chi connectivity index (χ4n) is 4.79. The van der Waals surface area contributed by atoms with E-state index in [1.165, 1.54) is 0 Å². The van der Waals surface area contributed by atoms with E-state index < -0.39 is 22.4 Å². The van der Waals surface area contributed by atoms with E-state index in [2.05, 4.69) is 0 Å². The molecule has 0 aliphatic carbocycles. The molecule has 0 atom stereocenters. The van der Waals surface area contributed by atoms with Crippen LogP contribution in [0.2, 0.25) is 0 Å². The second kappa shape index (κ2) is 10.5. The van der Waals surface area contributed by atoms with E-state index >= 15 is 0 Å². The van der Waals surface area contributed by atoms with Crippen LogP contribution in [0.15, 0.2) is 48.5 Å². The van der Waals surface area contributed by atoms with Crippen molar-refractivity contribution in [2.75, 3.05) is 37.7 Å². The van der Waals surface area contributed by atoms with E-state index in [1.54, 1.807) is 4.90 Å². The Morgan fingerprint density at radius 1 is 1.00 bits per heavy atom. The van der Waals surface area contributed by atoms with Crippen LogP contribution >= 0.6 is 0 Å². The Kier molecular flexibility index (Phi) is 7.47. The zero-order chi connectivity index (χ0) is 25.0. The maximum absolute atomic E-state index is 13.1. The molecule has 10 heteroatoms. The lowest BCUT2D eigenvalue weighted by molar-refractivity contribution is -0.384. The summed E-state index contributed by atoms with van der Waals surface area (Å²) in [6.45, 7) is 2.73. The molecule has 188 valence electrons. The number of alkyl halides is 3. The maximum Gasteiger partial charge on any atom is 0.416 e. The molecule has 4 rings (SSSR count). The predicted molar refractivity (Wildman–Crippen MR) is 124 cm³/mol. The highest BCUT2D eigenvalue weighted by Gasteiger charge is 2.36. The van der Waals surface area contributed by atoms with Gasteiger partial charge >= 0.3 is 6.18 Å². The molecule has 0 bridgehead atoms. The molecule has 2 fully saturated rings. The third kappa shape index (κ3) is 6.04. The SMILES string of the molecule is O=C(C1CCN(c2ccc(C(F)(F)F)cc2[N+](=O)[O-])CC1)N1CCC(COc2ccccc2)CC1. The molecular weight excluding hydrogens is 463 g/mol. The van der Waals surface area contributed by atoms with Gasteiger partial charge in [0.25, 0.3) is 5.69 Å². The Morgan fingerprint density at radius 3 is 2.26 bits per heavy atom. The summed E-state index contributed by atoms with van der Waals surface area (Å²) in [4.78, 5) is 27.3. The average Bonchev–Trinajstić information content (AvgIpc) is 2.87. The highest BCUT2D eigenvalue weighted by Crippen LogP contribution is 2.38. The molecule has 35 heavy (non-hydrogen) atoms. The molecule has 0 N–H and O–H groups in total. The van der Waals surface area contributed by atoms with Crippen molar-refractivity contribution in [3.8, 4) is 5.75 Å². The third-order valence-electron chi connectivity index (χ3n) is 6.84. The molecule has 0 spiro atoms. The Balaban J connectivity index is 1.28. The van der Waals surface area contributed by atoms with E-state index in [-0.39, 0.29) is 17.5 Å². The summed E-state index contributed by atoms with van der Waals surface area (Å²) in [5.41, 5.74) is -1.45. The minimum atomic E-state index is -4.65. The molecule has 0 aromatic heterocycles. The minimum absolute atomic E-state index is 0.0917. The van der Waals surface area contributed by atoms with Gasteiger partial charge in [0.1, 0.15) is 11.4 Å². The number of halogens is 3. The largest absolute Gasteiger partial charge is 0.493 e. The molecular formula is C25H28F3N3O4. The van der Waals surface area contributed by atoms with Gasteiger partial charge in [-0.15, -0.1) is 0 Å². The number of para-hydroxylation sites is 1. The van der Waals surface area contributed by atoms with Gasteiger partial charge in [-0.25, -0.2) is 0 Å². The molecule has 7 nitrogen and oxygen atoms in total. The van der Waals surface area contributed by atoms with Crippen LogP contribution in [0, 0.1) is 22.0 Å². The molecule has 2 heterocycles. The van der Waals surface area contributed by atoms with Gasteiger partial charge in [-0.3, -0.25) is 14.9 Å². The lowest BCUT2D eigenvalue weighted by atomic mass is 9.92. The standard InChI is InChI=1S/C25H28F3N3O4/c26-25(27,28)20-6-7-22(23(16-20)31(33)34)29-14-10-19(11-15-29)24(32)30-12-8-18(9-13-30)17-35-21-4-2-1-3-5-21/h1-7,16,18-19H,8-15,17H2. The third-order valence-corrected chi connectivity index (χ3v) is 6.84. The van der Waals surface area contributed by atoms with Crippen LogP contribution in [0.25, 0.3) is 0 Å². The summed E-state index contributed by atoms with van der Waals surface area (Å²) >= 11 is 0.